The van der Waals surface area contributed by atoms with Crippen LogP contribution in [0.1, 0.15) is 31.7 Å². The van der Waals surface area contributed by atoms with Gasteiger partial charge in [-0.1, -0.05) is 6.92 Å². The van der Waals surface area contributed by atoms with Gasteiger partial charge in [0, 0.05) is 20.6 Å². The van der Waals surface area contributed by atoms with E-state index in [9.17, 15) is 0 Å². The molecule has 1 atom stereocenters. The van der Waals surface area contributed by atoms with E-state index in [-0.39, 0.29) is 6.10 Å². The standard InChI is InChI=1S/C13H23N3O2/c1-6-7-11-15-12(14-4)10(3)13(16-11)18-9(2)8-17-5/h9H,6-8H2,1-5H3,(H,14,15,16). The van der Waals surface area contributed by atoms with Crippen molar-refractivity contribution in [3.8, 4) is 5.88 Å². The summed E-state index contributed by atoms with van der Waals surface area (Å²) in [6.45, 7) is 6.57. The van der Waals surface area contributed by atoms with E-state index in [4.69, 9.17) is 9.47 Å². The third-order valence-corrected chi connectivity index (χ3v) is 2.57. The molecule has 1 aromatic heterocycles. The fourth-order valence-electron chi connectivity index (χ4n) is 1.69. The highest BCUT2D eigenvalue weighted by Crippen LogP contribution is 2.23. The Bertz CT molecular complexity index is 383. The van der Waals surface area contributed by atoms with Crippen LogP contribution in [0.5, 0.6) is 5.88 Å². The third kappa shape index (κ3) is 3.84. The van der Waals surface area contributed by atoms with Crippen molar-refractivity contribution >= 4 is 5.82 Å². The fraction of sp³-hybridized carbons (Fsp3) is 0.692. The van der Waals surface area contributed by atoms with Gasteiger partial charge < -0.3 is 14.8 Å². The maximum absolute atomic E-state index is 5.80. The molecule has 18 heavy (non-hydrogen) atoms. The van der Waals surface area contributed by atoms with Gasteiger partial charge in [-0.2, -0.15) is 4.98 Å². The molecule has 0 saturated heterocycles. The van der Waals surface area contributed by atoms with Crippen molar-refractivity contribution in [2.45, 2.75) is 39.7 Å². The first-order chi connectivity index (χ1) is 8.62. The minimum absolute atomic E-state index is 0.0252. The molecule has 0 fully saturated rings. The van der Waals surface area contributed by atoms with Crippen LogP contribution in [0.2, 0.25) is 0 Å². The van der Waals surface area contributed by atoms with E-state index in [1.807, 2.05) is 20.9 Å². The summed E-state index contributed by atoms with van der Waals surface area (Å²) in [5.74, 6) is 2.28. The Hall–Kier alpha value is -1.36. The quantitative estimate of drug-likeness (QED) is 0.807. The summed E-state index contributed by atoms with van der Waals surface area (Å²) in [6.07, 6.45) is 1.84. The zero-order chi connectivity index (χ0) is 13.5. The smallest absolute Gasteiger partial charge is 0.222 e. The van der Waals surface area contributed by atoms with Crippen molar-refractivity contribution in [3.05, 3.63) is 11.4 Å². The molecule has 5 nitrogen and oxygen atoms in total. The number of rotatable bonds is 7. The Kier molecular flexibility index (Phi) is 5.85. The number of hydrogen-bond acceptors (Lipinski definition) is 5. The minimum Gasteiger partial charge on any atom is -0.472 e. The van der Waals surface area contributed by atoms with Gasteiger partial charge in [-0.05, 0) is 20.3 Å². The number of ether oxygens (including phenoxy) is 2. The summed E-state index contributed by atoms with van der Waals surface area (Å²) < 4.78 is 10.9. The molecule has 0 aromatic carbocycles. The first-order valence-corrected chi connectivity index (χ1v) is 6.33. The molecule has 1 rings (SSSR count). The molecule has 0 aliphatic heterocycles. The Morgan fingerprint density at radius 2 is 2.06 bits per heavy atom. The highest BCUT2D eigenvalue weighted by atomic mass is 16.5. The Balaban J connectivity index is 2.96. The molecular formula is C13H23N3O2. The molecule has 102 valence electrons. The van der Waals surface area contributed by atoms with Crippen molar-refractivity contribution in [2.24, 2.45) is 0 Å². The van der Waals surface area contributed by atoms with Crippen LogP contribution in [0.15, 0.2) is 0 Å². The lowest BCUT2D eigenvalue weighted by atomic mass is 10.2. The Labute approximate surface area is 109 Å². The predicted molar refractivity (Wildman–Crippen MR) is 72.3 cm³/mol. The van der Waals surface area contributed by atoms with Crippen molar-refractivity contribution in [1.29, 1.82) is 0 Å². The van der Waals surface area contributed by atoms with E-state index in [0.717, 1.165) is 30.0 Å². The SMILES string of the molecule is CCCc1nc(NC)c(C)c(OC(C)COC)n1. The second kappa shape index (κ2) is 7.16. The molecule has 0 saturated carbocycles. The summed E-state index contributed by atoms with van der Waals surface area (Å²) in [5.41, 5.74) is 0.931. The van der Waals surface area contributed by atoms with Crippen LogP contribution in [-0.2, 0) is 11.2 Å². The van der Waals surface area contributed by atoms with Crippen molar-refractivity contribution in [2.75, 3.05) is 26.1 Å². The molecule has 1 unspecified atom stereocenters. The van der Waals surface area contributed by atoms with Crippen LogP contribution in [0.3, 0.4) is 0 Å². The number of nitrogens with one attached hydrogen (secondary N) is 1. The zero-order valence-corrected chi connectivity index (χ0v) is 11.9. The highest BCUT2D eigenvalue weighted by Gasteiger charge is 2.13. The third-order valence-electron chi connectivity index (χ3n) is 2.57. The van der Waals surface area contributed by atoms with Gasteiger partial charge in [0.25, 0.3) is 0 Å². The topological polar surface area (TPSA) is 56.3 Å². The normalized spacial score (nSPS) is 12.3. The summed E-state index contributed by atoms with van der Waals surface area (Å²) in [7, 11) is 3.52. The van der Waals surface area contributed by atoms with Gasteiger partial charge in [0.2, 0.25) is 5.88 Å². The Morgan fingerprint density at radius 3 is 2.61 bits per heavy atom. The van der Waals surface area contributed by atoms with E-state index < -0.39 is 0 Å². The lowest BCUT2D eigenvalue weighted by Crippen LogP contribution is -2.20. The average Bonchev–Trinajstić information content (AvgIpc) is 2.33. The summed E-state index contributed by atoms with van der Waals surface area (Å²) >= 11 is 0. The molecule has 0 spiro atoms. The first kappa shape index (κ1) is 14.7. The van der Waals surface area contributed by atoms with Crippen LogP contribution >= 0.6 is 0 Å². The molecule has 0 aliphatic carbocycles. The van der Waals surface area contributed by atoms with Crippen LogP contribution in [-0.4, -0.2) is 36.8 Å². The highest BCUT2D eigenvalue weighted by molar-refractivity contribution is 5.48. The number of nitrogens with zero attached hydrogens (tertiary/aromatic N) is 2. The van der Waals surface area contributed by atoms with Crippen LogP contribution in [0, 0.1) is 6.92 Å². The molecule has 1 aromatic rings. The first-order valence-electron chi connectivity index (χ1n) is 6.33. The second-order valence-corrected chi connectivity index (χ2v) is 4.30. The lowest BCUT2D eigenvalue weighted by molar-refractivity contribution is 0.0882. The summed E-state index contributed by atoms with van der Waals surface area (Å²) in [4.78, 5) is 8.92. The van der Waals surface area contributed by atoms with Gasteiger partial charge in [-0.15, -0.1) is 0 Å². The zero-order valence-electron chi connectivity index (χ0n) is 11.9. The molecule has 0 amide bonds. The van der Waals surface area contributed by atoms with E-state index in [0.29, 0.717) is 12.5 Å². The fourth-order valence-corrected chi connectivity index (χ4v) is 1.69. The van der Waals surface area contributed by atoms with Crippen molar-refractivity contribution < 1.29 is 9.47 Å². The second-order valence-electron chi connectivity index (χ2n) is 4.30. The van der Waals surface area contributed by atoms with E-state index in [1.165, 1.54) is 0 Å². The number of aryl methyl sites for hydroxylation is 1. The molecule has 5 heteroatoms. The minimum atomic E-state index is -0.0252. The van der Waals surface area contributed by atoms with E-state index in [2.05, 4.69) is 22.2 Å². The van der Waals surface area contributed by atoms with Gasteiger partial charge in [0.1, 0.15) is 17.7 Å². The maximum Gasteiger partial charge on any atom is 0.222 e. The summed E-state index contributed by atoms with van der Waals surface area (Å²) in [6, 6.07) is 0. The van der Waals surface area contributed by atoms with Gasteiger partial charge >= 0.3 is 0 Å². The van der Waals surface area contributed by atoms with Gasteiger partial charge in [0.15, 0.2) is 0 Å². The maximum atomic E-state index is 5.80. The van der Waals surface area contributed by atoms with E-state index >= 15 is 0 Å². The molecule has 1 heterocycles. The average molecular weight is 253 g/mol. The van der Waals surface area contributed by atoms with Gasteiger partial charge in [-0.3, -0.25) is 0 Å². The number of hydrogen-bond donors (Lipinski definition) is 1. The predicted octanol–water partition coefficient (Wildman–Crippen LogP) is 2.19. The molecule has 0 aliphatic rings. The molecule has 1 N–H and O–H groups in total. The summed E-state index contributed by atoms with van der Waals surface area (Å²) in [5, 5.41) is 3.08. The van der Waals surface area contributed by atoms with Crippen molar-refractivity contribution in [3.63, 3.8) is 0 Å². The Morgan fingerprint density at radius 1 is 1.33 bits per heavy atom. The van der Waals surface area contributed by atoms with Gasteiger partial charge in [0.05, 0.1) is 12.2 Å². The van der Waals surface area contributed by atoms with Crippen LogP contribution in [0.4, 0.5) is 5.82 Å². The van der Waals surface area contributed by atoms with Crippen LogP contribution in [0.25, 0.3) is 0 Å². The lowest BCUT2D eigenvalue weighted by Gasteiger charge is -2.17. The number of anilines is 1. The van der Waals surface area contributed by atoms with Crippen molar-refractivity contribution in [1.82, 2.24) is 9.97 Å². The largest absolute Gasteiger partial charge is 0.472 e. The number of methoxy groups -OCH3 is 1. The van der Waals surface area contributed by atoms with Gasteiger partial charge in [-0.25, -0.2) is 4.98 Å². The molecule has 0 radical (unpaired) electrons. The van der Waals surface area contributed by atoms with Crippen LogP contribution < -0.4 is 10.1 Å². The number of aromatic nitrogens is 2. The van der Waals surface area contributed by atoms with E-state index in [1.54, 1.807) is 7.11 Å². The monoisotopic (exact) mass is 253 g/mol. The molecular weight excluding hydrogens is 230 g/mol. The molecule has 0 bridgehead atoms.